The summed E-state index contributed by atoms with van der Waals surface area (Å²) >= 11 is 0. The Bertz CT molecular complexity index is 438. The van der Waals surface area contributed by atoms with Crippen molar-refractivity contribution in [3.8, 4) is 0 Å². The average Bonchev–Trinajstić information content (AvgIpc) is 2.55. The van der Waals surface area contributed by atoms with E-state index < -0.39 is 9.04 Å². The molecule has 2 nitrogen and oxygen atoms in total. The average molecular weight is 318 g/mol. The largest absolute Gasteiger partial charge is 0.416 e. The van der Waals surface area contributed by atoms with Gasteiger partial charge in [0, 0.05) is 6.61 Å². The lowest BCUT2D eigenvalue weighted by molar-refractivity contribution is 0.142. The second-order valence-corrected chi connectivity index (χ2v) is 8.75. The van der Waals surface area contributed by atoms with E-state index in [0.717, 1.165) is 6.61 Å². The highest BCUT2D eigenvalue weighted by Gasteiger charge is 2.17. The van der Waals surface area contributed by atoms with E-state index in [1.54, 1.807) is 0 Å². The third-order valence-electron chi connectivity index (χ3n) is 3.97. The SMILES string of the molecule is C/C(=C\C(C)CO[Si]1CCCCC1)COCc1ccccc1. The molecule has 1 unspecified atom stereocenters. The van der Waals surface area contributed by atoms with Crippen LogP contribution in [0.3, 0.4) is 0 Å². The Balaban J connectivity index is 1.62. The molecule has 0 aromatic heterocycles. The van der Waals surface area contributed by atoms with Gasteiger partial charge in [0.1, 0.15) is 0 Å². The van der Waals surface area contributed by atoms with Crippen molar-refractivity contribution in [2.45, 2.75) is 51.8 Å². The van der Waals surface area contributed by atoms with Gasteiger partial charge < -0.3 is 9.16 Å². The fourth-order valence-corrected chi connectivity index (χ4v) is 5.15. The molecule has 1 fully saturated rings. The van der Waals surface area contributed by atoms with Crippen molar-refractivity contribution in [3.05, 3.63) is 47.5 Å². The first kappa shape index (κ1) is 17.5. The van der Waals surface area contributed by atoms with Crippen LogP contribution in [0.1, 0.15) is 38.7 Å². The molecule has 121 valence electrons. The molecule has 1 heterocycles. The summed E-state index contributed by atoms with van der Waals surface area (Å²) in [6.07, 6.45) is 6.47. The van der Waals surface area contributed by atoms with Crippen LogP contribution in [-0.4, -0.2) is 22.3 Å². The first-order valence-corrected chi connectivity index (χ1v) is 10.3. The zero-order valence-electron chi connectivity index (χ0n) is 14.0. The first-order chi connectivity index (χ1) is 10.7. The molecule has 1 aliphatic rings. The summed E-state index contributed by atoms with van der Waals surface area (Å²) in [5, 5.41) is 0. The molecule has 0 aliphatic carbocycles. The molecular formula is C19H29O2Si. The minimum atomic E-state index is -0.491. The molecule has 0 amide bonds. The Morgan fingerprint density at radius 1 is 1.18 bits per heavy atom. The number of ether oxygens (including phenoxy) is 1. The highest BCUT2D eigenvalue weighted by Crippen LogP contribution is 2.20. The van der Waals surface area contributed by atoms with E-state index in [-0.39, 0.29) is 0 Å². The van der Waals surface area contributed by atoms with Crippen LogP contribution in [0.25, 0.3) is 0 Å². The Labute approximate surface area is 137 Å². The lowest BCUT2D eigenvalue weighted by atomic mass is 10.1. The van der Waals surface area contributed by atoms with E-state index in [4.69, 9.17) is 9.16 Å². The molecule has 0 saturated carbocycles. The van der Waals surface area contributed by atoms with Crippen molar-refractivity contribution >= 4 is 9.04 Å². The zero-order valence-corrected chi connectivity index (χ0v) is 15.0. The van der Waals surface area contributed by atoms with Gasteiger partial charge in [-0.1, -0.05) is 68.2 Å². The number of rotatable bonds is 8. The Hall–Kier alpha value is -0.903. The molecule has 22 heavy (non-hydrogen) atoms. The summed E-state index contributed by atoms with van der Waals surface area (Å²) in [5.41, 5.74) is 2.53. The maximum absolute atomic E-state index is 6.14. The molecule has 1 aromatic rings. The summed E-state index contributed by atoms with van der Waals surface area (Å²) in [7, 11) is -0.491. The second kappa shape index (κ2) is 9.98. The van der Waals surface area contributed by atoms with Gasteiger partial charge >= 0.3 is 0 Å². The molecular weight excluding hydrogens is 288 g/mol. The summed E-state index contributed by atoms with van der Waals surface area (Å²) in [6.45, 7) is 6.66. The first-order valence-electron chi connectivity index (χ1n) is 8.50. The van der Waals surface area contributed by atoms with Gasteiger partial charge in [0.25, 0.3) is 0 Å². The van der Waals surface area contributed by atoms with Gasteiger partial charge in [0.15, 0.2) is 0 Å². The molecule has 0 N–H and O–H groups in total. The molecule has 0 bridgehead atoms. The summed E-state index contributed by atoms with van der Waals surface area (Å²) in [4.78, 5) is 0. The number of hydrogen-bond donors (Lipinski definition) is 0. The van der Waals surface area contributed by atoms with Crippen LogP contribution in [0.4, 0.5) is 0 Å². The van der Waals surface area contributed by atoms with Crippen LogP contribution < -0.4 is 0 Å². The van der Waals surface area contributed by atoms with Crippen LogP contribution >= 0.6 is 0 Å². The van der Waals surface area contributed by atoms with Crippen LogP contribution in [-0.2, 0) is 15.8 Å². The van der Waals surface area contributed by atoms with Crippen molar-refractivity contribution < 1.29 is 9.16 Å². The maximum atomic E-state index is 6.14. The lowest BCUT2D eigenvalue weighted by Crippen LogP contribution is -2.23. The lowest BCUT2D eigenvalue weighted by Gasteiger charge is -2.21. The number of hydrogen-bond acceptors (Lipinski definition) is 2. The summed E-state index contributed by atoms with van der Waals surface area (Å²) in [5.74, 6) is 0.486. The van der Waals surface area contributed by atoms with Crippen molar-refractivity contribution in [1.82, 2.24) is 0 Å². The predicted octanol–water partition coefficient (Wildman–Crippen LogP) is 4.98. The van der Waals surface area contributed by atoms with Crippen LogP contribution in [0.5, 0.6) is 0 Å². The van der Waals surface area contributed by atoms with Gasteiger partial charge in [0.2, 0.25) is 9.04 Å². The van der Waals surface area contributed by atoms with Gasteiger partial charge in [-0.2, -0.15) is 0 Å². The number of benzene rings is 1. The molecule has 1 atom stereocenters. The maximum Gasteiger partial charge on any atom is 0.211 e. The highest BCUT2D eigenvalue weighted by atomic mass is 28.3. The standard InChI is InChI=1S/C19H29O2Si/c1-17(14-20-16-19-9-5-3-6-10-19)13-18(2)15-21-22-11-7-4-8-12-22/h3,5-6,9-10,13,18H,4,7-8,11-12,14-16H2,1-2H3/b17-13+. The summed E-state index contributed by atoms with van der Waals surface area (Å²) in [6, 6.07) is 13.0. The van der Waals surface area contributed by atoms with Crippen LogP contribution in [0.2, 0.25) is 12.1 Å². The third kappa shape index (κ3) is 6.90. The second-order valence-electron chi connectivity index (χ2n) is 6.38. The normalized spacial score (nSPS) is 18.4. The molecule has 0 spiro atoms. The smallest absolute Gasteiger partial charge is 0.211 e. The van der Waals surface area contributed by atoms with E-state index in [1.807, 2.05) is 6.07 Å². The van der Waals surface area contributed by atoms with E-state index in [0.29, 0.717) is 19.1 Å². The van der Waals surface area contributed by atoms with E-state index in [9.17, 15) is 0 Å². The third-order valence-corrected chi connectivity index (χ3v) is 6.37. The van der Waals surface area contributed by atoms with Crippen molar-refractivity contribution in [2.24, 2.45) is 5.92 Å². The molecule has 1 saturated heterocycles. The highest BCUT2D eigenvalue weighted by molar-refractivity contribution is 6.52. The van der Waals surface area contributed by atoms with Crippen molar-refractivity contribution in [2.75, 3.05) is 13.2 Å². The quantitative estimate of drug-likeness (QED) is 0.497. The van der Waals surface area contributed by atoms with E-state index >= 15 is 0 Å². The topological polar surface area (TPSA) is 18.5 Å². The van der Waals surface area contributed by atoms with Gasteiger partial charge in [-0.3, -0.25) is 0 Å². The Morgan fingerprint density at radius 3 is 2.64 bits per heavy atom. The van der Waals surface area contributed by atoms with E-state index in [1.165, 1.54) is 42.5 Å². The van der Waals surface area contributed by atoms with Gasteiger partial charge in [-0.15, -0.1) is 0 Å². The zero-order chi connectivity index (χ0) is 15.6. The van der Waals surface area contributed by atoms with Gasteiger partial charge in [0.05, 0.1) is 13.2 Å². The molecule has 1 aromatic carbocycles. The minimum absolute atomic E-state index is 0.486. The fourth-order valence-electron chi connectivity index (χ4n) is 2.83. The van der Waals surface area contributed by atoms with Crippen molar-refractivity contribution in [1.29, 1.82) is 0 Å². The molecule has 3 heteroatoms. The Morgan fingerprint density at radius 2 is 1.91 bits per heavy atom. The molecule has 1 aliphatic heterocycles. The monoisotopic (exact) mass is 317 g/mol. The van der Waals surface area contributed by atoms with Gasteiger partial charge in [-0.05, 0) is 30.5 Å². The molecule has 1 radical (unpaired) electrons. The Kier molecular flexibility index (Phi) is 7.92. The molecule has 2 rings (SSSR count). The predicted molar refractivity (Wildman–Crippen MR) is 94.2 cm³/mol. The fraction of sp³-hybridized carbons (Fsp3) is 0.579. The summed E-state index contributed by atoms with van der Waals surface area (Å²) < 4.78 is 11.9. The van der Waals surface area contributed by atoms with E-state index in [2.05, 4.69) is 44.2 Å². The van der Waals surface area contributed by atoms with Crippen molar-refractivity contribution in [3.63, 3.8) is 0 Å². The minimum Gasteiger partial charge on any atom is -0.416 e. The van der Waals surface area contributed by atoms with Gasteiger partial charge in [-0.25, -0.2) is 0 Å². The van der Waals surface area contributed by atoms with Crippen LogP contribution in [0, 0.1) is 5.92 Å². The van der Waals surface area contributed by atoms with Crippen LogP contribution in [0.15, 0.2) is 42.0 Å².